The first-order chi connectivity index (χ1) is 7.09. The van der Waals surface area contributed by atoms with Crippen molar-refractivity contribution in [2.75, 3.05) is 5.73 Å². The SMILES string of the molecule is Cc1c(Cl)cc(F)cc1-c1cnoc1N. The van der Waals surface area contributed by atoms with Gasteiger partial charge in [-0.3, -0.25) is 0 Å². The molecule has 0 saturated carbocycles. The van der Waals surface area contributed by atoms with Crippen LogP contribution in [0.5, 0.6) is 0 Å². The van der Waals surface area contributed by atoms with Crippen molar-refractivity contribution in [3.8, 4) is 11.1 Å². The number of rotatable bonds is 1. The lowest BCUT2D eigenvalue weighted by molar-refractivity contribution is 0.436. The quantitative estimate of drug-likeness (QED) is 0.813. The second-order valence-electron chi connectivity index (χ2n) is 3.16. The summed E-state index contributed by atoms with van der Waals surface area (Å²) in [5, 5.41) is 3.89. The topological polar surface area (TPSA) is 52.0 Å². The van der Waals surface area contributed by atoms with Gasteiger partial charge in [0.1, 0.15) is 5.82 Å². The first kappa shape index (κ1) is 9.98. The number of nitrogens with zero attached hydrogens (tertiary/aromatic N) is 1. The van der Waals surface area contributed by atoms with Crippen LogP contribution in [0.4, 0.5) is 10.3 Å². The van der Waals surface area contributed by atoms with E-state index in [1.165, 1.54) is 18.3 Å². The Morgan fingerprint density at radius 3 is 2.73 bits per heavy atom. The van der Waals surface area contributed by atoms with Crippen LogP contribution < -0.4 is 5.73 Å². The third-order valence-corrected chi connectivity index (χ3v) is 2.59. The Hall–Kier alpha value is -1.55. The third kappa shape index (κ3) is 1.68. The number of halogens is 2. The molecule has 5 heteroatoms. The molecule has 78 valence electrons. The smallest absolute Gasteiger partial charge is 0.229 e. The van der Waals surface area contributed by atoms with Crippen LogP contribution in [0, 0.1) is 12.7 Å². The van der Waals surface area contributed by atoms with Gasteiger partial charge in [-0.15, -0.1) is 0 Å². The molecule has 2 rings (SSSR count). The standard InChI is InChI=1S/C10H8ClFN2O/c1-5-7(2-6(12)3-9(5)11)8-4-14-15-10(8)13/h2-4H,13H2,1H3. The molecule has 0 spiro atoms. The lowest BCUT2D eigenvalue weighted by Crippen LogP contribution is -1.90. The largest absolute Gasteiger partial charge is 0.367 e. The lowest BCUT2D eigenvalue weighted by atomic mass is 10.0. The third-order valence-electron chi connectivity index (χ3n) is 2.20. The highest BCUT2D eigenvalue weighted by molar-refractivity contribution is 6.31. The van der Waals surface area contributed by atoms with Gasteiger partial charge < -0.3 is 10.3 Å². The van der Waals surface area contributed by atoms with Crippen LogP contribution >= 0.6 is 11.6 Å². The van der Waals surface area contributed by atoms with Crippen LogP contribution in [-0.4, -0.2) is 5.16 Å². The molecule has 1 heterocycles. The van der Waals surface area contributed by atoms with Crippen LogP contribution in [0.25, 0.3) is 11.1 Å². The van der Waals surface area contributed by atoms with Gasteiger partial charge in [-0.05, 0) is 30.2 Å². The Morgan fingerprint density at radius 2 is 2.13 bits per heavy atom. The summed E-state index contributed by atoms with van der Waals surface area (Å²) in [6, 6.07) is 2.61. The molecule has 0 unspecified atom stereocenters. The molecular formula is C10H8ClFN2O. The maximum atomic E-state index is 13.2. The van der Waals surface area contributed by atoms with Crippen LogP contribution in [0.15, 0.2) is 22.9 Å². The highest BCUT2D eigenvalue weighted by Gasteiger charge is 2.13. The van der Waals surface area contributed by atoms with Crippen molar-refractivity contribution >= 4 is 17.5 Å². The molecule has 0 amide bonds. The van der Waals surface area contributed by atoms with E-state index in [2.05, 4.69) is 5.16 Å². The molecule has 0 aliphatic carbocycles. The van der Waals surface area contributed by atoms with Gasteiger partial charge in [0.15, 0.2) is 0 Å². The minimum atomic E-state index is -0.416. The Bertz CT molecular complexity index is 510. The van der Waals surface area contributed by atoms with Crippen molar-refractivity contribution in [1.82, 2.24) is 5.16 Å². The van der Waals surface area contributed by atoms with Crippen molar-refractivity contribution in [3.05, 3.63) is 34.7 Å². The zero-order valence-electron chi connectivity index (χ0n) is 7.92. The zero-order chi connectivity index (χ0) is 11.0. The molecule has 0 bridgehead atoms. The predicted octanol–water partition coefficient (Wildman–Crippen LogP) is 3.02. The minimum absolute atomic E-state index is 0.153. The average Bonchev–Trinajstić information content (AvgIpc) is 2.58. The monoisotopic (exact) mass is 226 g/mol. The maximum absolute atomic E-state index is 13.2. The van der Waals surface area contributed by atoms with E-state index in [-0.39, 0.29) is 5.88 Å². The van der Waals surface area contributed by atoms with Gasteiger partial charge in [-0.2, -0.15) is 0 Å². The van der Waals surface area contributed by atoms with Crippen molar-refractivity contribution in [2.45, 2.75) is 6.92 Å². The fourth-order valence-electron chi connectivity index (χ4n) is 1.38. The lowest BCUT2D eigenvalue weighted by Gasteiger charge is -2.05. The summed E-state index contributed by atoms with van der Waals surface area (Å²) < 4.78 is 17.9. The number of nitrogens with two attached hydrogens (primary N) is 1. The summed E-state index contributed by atoms with van der Waals surface area (Å²) in [5.41, 5.74) is 7.44. The van der Waals surface area contributed by atoms with Gasteiger partial charge in [0.2, 0.25) is 5.88 Å². The normalized spacial score (nSPS) is 10.6. The van der Waals surface area contributed by atoms with Crippen LogP contribution in [0.3, 0.4) is 0 Å². The average molecular weight is 227 g/mol. The summed E-state index contributed by atoms with van der Waals surface area (Å²) >= 11 is 5.86. The number of anilines is 1. The molecule has 1 aromatic heterocycles. The first-order valence-corrected chi connectivity index (χ1v) is 4.63. The second kappa shape index (κ2) is 3.55. The second-order valence-corrected chi connectivity index (χ2v) is 3.57. The number of hydrogen-bond donors (Lipinski definition) is 1. The van der Waals surface area contributed by atoms with Crippen molar-refractivity contribution in [2.24, 2.45) is 0 Å². The first-order valence-electron chi connectivity index (χ1n) is 4.25. The van der Waals surface area contributed by atoms with Crippen LogP contribution in [0.2, 0.25) is 5.02 Å². The van der Waals surface area contributed by atoms with Crippen molar-refractivity contribution in [1.29, 1.82) is 0 Å². The van der Waals surface area contributed by atoms with E-state index in [1.54, 1.807) is 6.92 Å². The summed E-state index contributed by atoms with van der Waals surface area (Å²) in [6.07, 6.45) is 1.44. The predicted molar refractivity (Wildman–Crippen MR) is 56.1 cm³/mol. The van der Waals surface area contributed by atoms with Gasteiger partial charge in [-0.1, -0.05) is 16.8 Å². The highest BCUT2D eigenvalue weighted by atomic mass is 35.5. The molecule has 3 nitrogen and oxygen atoms in total. The summed E-state index contributed by atoms with van der Waals surface area (Å²) in [6.45, 7) is 1.78. The molecule has 0 aliphatic rings. The maximum Gasteiger partial charge on any atom is 0.229 e. The fourth-order valence-corrected chi connectivity index (χ4v) is 1.58. The van der Waals surface area contributed by atoms with Gasteiger partial charge in [0.05, 0.1) is 11.8 Å². The molecule has 1 aromatic carbocycles. The molecule has 0 fully saturated rings. The zero-order valence-corrected chi connectivity index (χ0v) is 8.68. The molecule has 2 N–H and O–H groups in total. The molecule has 0 saturated heterocycles. The number of hydrogen-bond acceptors (Lipinski definition) is 3. The number of benzene rings is 1. The van der Waals surface area contributed by atoms with E-state index >= 15 is 0 Å². The van der Waals surface area contributed by atoms with Gasteiger partial charge >= 0.3 is 0 Å². The van der Waals surface area contributed by atoms with E-state index in [0.717, 1.165) is 5.56 Å². The van der Waals surface area contributed by atoms with E-state index in [4.69, 9.17) is 21.9 Å². The molecule has 2 aromatic rings. The van der Waals surface area contributed by atoms with E-state index in [0.29, 0.717) is 16.1 Å². The highest BCUT2D eigenvalue weighted by Crippen LogP contribution is 2.32. The molecule has 0 atom stereocenters. The summed E-state index contributed by atoms with van der Waals surface area (Å²) in [7, 11) is 0. The van der Waals surface area contributed by atoms with Crippen molar-refractivity contribution < 1.29 is 8.91 Å². The Balaban J connectivity index is 2.68. The number of nitrogen functional groups attached to an aromatic ring is 1. The van der Waals surface area contributed by atoms with Crippen LogP contribution in [-0.2, 0) is 0 Å². The summed E-state index contributed by atoms with van der Waals surface area (Å²) in [5.74, 6) is -0.263. The van der Waals surface area contributed by atoms with Crippen LogP contribution in [0.1, 0.15) is 5.56 Å². The molecule has 0 radical (unpaired) electrons. The van der Waals surface area contributed by atoms with Gasteiger partial charge in [-0.25, -0.2) is 4.39 Å². The Kier molecular flexibility index (Phi) is 2.36. The number of aromatic nitrogens is 1. The van der Waals surface area contributed by atoms with Gasteiger partial charge in [0, 0.05) is 5.02 Å². The van der Waals surface area contributed by atoms with Gasteiger partial charge in [0.25, 0.3) is 0 Å². The minimum Gasteiger partial charge on any atom is -0.367 e. The van der Waals surface area contributed by atoms with E-state index in [9.17, 15) is 4.39 Å². The fraction of sp³-hybridized carbons (Fsp3) is 0.100. The Morgan fingerprint density at radius 1 is 1.40 bits per heavy atom. The molecule has 15 heavy (non-hydrogen) atoms. The molecule has 0 aliphatic heterocycles. The van der Waals surface area contributed by atoms with E-state index < -0.39 is 5.82 Å². The Labute approximate surface area is 90.6 Å². The molecular weight excluding hydrogens is 219 g/mol. The van der Waals surface area contributed by atoms with E-state index in [1.807, 2.05) is 0 Å². The van der Waals surface area contributed by atoms with Crippen molar-refractivity contribution in [3.63, 3.8) is 0 Å². The summed E-state index contributed by atoms with van der Waals surface area (Å²) in [4.78, 5) is 0.